The highest BCUT2D eigenvalue weighted by molar-refractivity contribution is 5.75. The van der Waals surface area contributed by atoms with Crippen molar-refractivity contribution in [3.05, 3.63) is 35.1 Å². The number of carbonyl (C=O) groups is 1. The van der Waals surface area contributed by atoms with Gasteiger partial charge < -0.3 is 10.2 Å². The minimum Gasteiger partial charge on any atom is -0.349 e. The van der Waals surface area contributed by atoms with Crippen LogP contribution < -0.4 is 5.32 Å². The van der Waals surface area contributed by atoms with Crippen molar-refractivity contribution in [3.63, 3.8) is 0 Å². The number of nitrogens with zero attached hydrogens (tertiary/aromatic N) is 1. The van der Waals surface area contributed by atoms with Gasteiger partial charge in [0.2, 0.25) is 5.91 Å². The zero-order valence-electron chi connectivity index (χ0n) is 12.0. The topological polar surface area (TPSA) is 32.3 Å². The number of nitrogens with one attached hydrogen (secondary N) is 1. The Hall–Kier alpha value is -1.42. The van der Waals surface area contributed by atoms with Crippen molar-refractivity contribution in [2.75, 3.05) is 27.2 Å². The molecule has 0 aromatic heterocycles. The number of halogens is 1. The van der Waals surface area contributed by atoms with Crippen LogP contribution in [0.15, 0.2) is 18.2 Å². The maximum Gasteiger partial charge on any atom is 0.222 e. The molecule has 0 atom stereocenters. The summed E-state index contributed by atoms with van der Waals surface area (Å²) in [6.45, 7) is 3.61. The van der Waals surface area contributed by atoms with Crippen LogP contribution in [-0.4, -0.2) is 38.0 Å². The molecule has 1 amide bonds. The summed E-state index contributed by atoms with van der Waals surface area (Å²) in [4.78, 5) is 12.9. The van der Waals surface area contributed by atoms with E-state index in [1.54, 1.807) is 25.1 Å². The van der Waals surface area contributed by atoms with Crippen LogP contribution in [0.3, 0.4) is 0 Å². The van der Waals surface area contributed by atoms with E-state index in [2.05, 4.69) is 5.32 Å². The van der Waals surface area contributed by atoms with Gasteiger partial charge in [-0.3, -0.25) is 4.79 Å². The highest BCUT2D eigenvalue weighted by atomic mass is 19.1. The molecule has 4 heteroatoms. The third-order valence-electron chi connectivity index (χ3n) is 3.12. The molecule has 1 N–H and O–H groups in total. The molecule has 0 heterocycles. The van der Waals surface area contributed by atoms with E-state index in [9.17, 15) is 9.18 Å². The summed E-state index contributed by atoms with van der Waals surface area (Å²) in [6, 6.07) is 4.89. The Labute approximate surface area is 114 Å². The van der Waals surface area contributed by atoms with Crippen LogP contribution in [0, 0.1) is 12.7 Å². The molecule has 106 valence electrons. The van der Waals surface area contributed by atoms with Gasteiger partial charge >= 0.3 is 0 Å². The van der Waals surface area contributed by atoms with Gasteiger partial charge in [-0.25, -0.2) is 4.39 Å². The summed E-state index contributed by atoms with van der Waals surface area (Å²) in [6.07, 6.45) is 2.31. The van der Waals surface area contributed by atoms with Crippen LogP contribution in [0.2, 0.25) is 0 Å². The fraction of sp³-hybridized carbons (Fsp3) is 0.533. The van der Waals surface area contributed by atoms with Crippen molar-refractivity contribution in [3.8, 4) is 0 Å². The standard InChI is InChI=1S/C15H23FN2O/c1-12-11-14(16)7-6-13(12)8-10-17-9-4-5-15(19)18(2)3/h6-7,11,17H,4-5,8-10H2,1-3H3. The van der Waals surface area contributed by atoms with Crippen molar-refractivity contribution in [1.82, 2.24) is 10.2 Å². The average molecular weight is 266 g/mol. The van der Waals surface area contributed by atoms with Crippen LogP contribution in [0.4, 0.5) is 4.39 Å². The first-order valence-corrected chi connectivity index (χ1v) is 6.66. The summed E-state index contributed by atoms with van der Waals surface area (Å²) in [5, 5.41) is 3.31. The maximum absolute atomic E-state index is 12.9. The fourth-order valence-electron chi connectivity index (χ4n) is 1.88. The van der Waals surface area contributed by atoms with Crippen LogP contribution in [0.1, 0.15) is 24.0 Å². The molecule has 0 spiro atoms. The van der Waals surface area contributed by atoms with Crippen LogP contribution in [0.5, 0.6) is 0 Å². The molecule has 1 aromatic carbocycles. The summed E-state index contributed by atoms with van der Waals surface area (Å²) >= 11 is 0. The number of amides is 1. The Morgan fingerprint density at radius 3 is 2.68 bits per heavy atom. The number of hydrogen-bond donors (Lipinski definition) is 1. The number of carbonyl (C=O) groups excluding carboxylic acids is 1. The zero-order chi connectivity index (χ0) is 14.3. The third-order valence-corrected chi connectivity index (χ3v) is 3.12. The smallest absolute Gasteiger partial charge is 0.222 e. The van der Waals surface area contributed by atoms with Gasteiger partial charge in [-0.2, -0.15) is 0 Å². The van der Waals surface area contributed by atoms with Gasteiger partial charge in [0.05, 0.1) is 0 Å². The lowest BCUT2D eigenvalue weighted by molar-refractivity contribution is -0.128. The molecule has 0 fully saturated rings. The van der Waals surface area contributed by atoms with Gasteiger partial charge in [0, 0.05) is 20.5 Å². The van der Waals surface area contributed by atoms with E-state index >= 15 is 0 Å². The van der Waals surface area contributed by atoms with E-state index in [-0.39, 0.29) is 11.7 Å². The molecular weight excluding hydrogens is 243 g/mol. The molecule has 0 bridgehead atoms. The minimum absolute atomic E-state index is 0.163. The Balaban J connectivity index is 2.16. The van der Waals surface area contributed by atoms with Crippen LogP contribution in [-0.2, 0) is 11.2 Å². The minimum atomic E-state index is -0.184. The zero-order valence-corrected chi connectivity index (χ0v) is 12.0. The number of benzene rings is 1. The first kappa shape index (κ1) is 15.6. The Bertz CT molecular complexity index is 419. The molecule has 3 nitrogen and oxygen atoms in total. The monoisotopic (exact) mass is 266 g/mol. The van der Waals surface area contributed by atoms with Crippen molar-refractivity contribution < 1.29 is 9.18 Å². The molecule has 0 unspecified atom stereocenters. The lowest BCUT2D eigenvalue weighted by Crippen LogP contribution is -2.24. The van der Waals surface area contributed by atoms with Crippen molar-refractivity contribution in [2.45, 2.75) is 26.2 Å². The Morgan fingerprint density at radius 2 is 2.05 bits per heavy atom. The first-order chi connectivity index (χ1) is 9.00. The molecule has 0 radical (unpaired) electrons. The highest BCUT2D eigenvalue weighted by Gasteiger charge is 2.03. The molecule has 0 aliphatic carbocycles. The predicted octanol–water partition coefficient (Wildman–Crippen LogP) is 2.13. The van der Waals surface area contributed by atoms with Crippen LogP contribution in [0.25, 0.3) is 0 Å². The Kier molecular flexibility index (Phi) is 6.50. The largest absolute Gasteiger partial charge is 0.349 e. The van der Waals surface area contributed by atoms with Crippen molar-refractivity contribution >= 4 is 5.91 Å². The molecule has 1 aromatic rings. The van der Waals surface area contributed by atoms with Gasteiger partial charge in [-0.05, 0) is 56.1 Å². The van der Waals surface area contributed by atoms with E-state index in [1.165, 1.54) is 11.6 Å². The second-order valence-electron chi connectivity index (χ2n) is 4.96. The number of hydrogen-bond acceptors (Lipinski definition) is 2. The average Bonchev–Trinajstić information content (AvgIpc) is 2.35. The molecule has 0 aliphatic rings. The summed E-state index contributed by atoms with van der Waals surface area (Å²) in [5.74, 6) is -0.0208. The van der Waals surface area contributed by atoms with E-state index in [1.807, 2.05) is 13.0 Å². The lowest BCUT2D eigenvalue weighted by atomic mass is 10.1. The van der Waals surface area contributed by atoms with Gasteiger partial charge in [-0.15, -0.1) is 0 Å². The van der Waals surface area contributed by atoms with Gasteiger partial charge in [-0.1, -0.05) is 6.07 Å². The maximum atomic E-state index is 12.9. The molecule has 0 aliphatic heterocycles. The van der Waals surface area contributed by atoms with E-state index < -0.39 is 0 Å². The van der Waals surface area contributed by atoms with Gasteiger partial charge in [0.25, 0.3) is 0 Å². The number of aryl methyl sites for hydroxylation is 1. The van der Waals surface area contributed by atoms with E-state index in [0.29, 0.717) is 6.42 Å². The van der Waals surface area contributed by atoms with Gasteiger partial charge in [0.15, 0.2) is 0 Å². The summed E-state index contributed by atoms with van der Waals surface area (Å²) < 4.78 is 12.9. The summed E-state index contributed by atoms with van der Waals surface area (Å²) in [7, 11) is 3.54. The molecule has 1 rings (SSSR count). The third kappa shape index (κ3) is 5.83. The molecule has 0 saturated heterocycles. The van der Waals surface area contributed by atoms with E-state index in [0.717, 1.165) is 31.5 Å². The summed E-state index contributed by atoms with van der Waals surface area (Å²) in [5.41, 5.74) is 2.16. The normalized spacial score (nSPS) is 10.5. The highest BCUT2D eigenvalue weighted by Crippen LogP contribution is 2.10. The predicted molar refractivity (Wildman–Crippen MR) is 75.6 cm³/mol. The second-order valence-corrected chi connectivity index (χ2v) is 4.96. The fourth-order valence-corrected chi connectivity index (χ4v) is 1.88. The van der Waals surface area contributed by atoms with Crippen molar-refractivity contribution in [2.24, 2.45) is 0 Å². The second kappa shape index (κ2) is 7.89. The molecule has 19 heavy (non-hydrogen) atoms. The SMILES string of the molecule is Cc1cc(F)ccc1CCNCCCC(=O)N(C)C. The number of rotatable bonds is 7. The van der Waals surface area contributed by atoms with Crippen LogP contribution >= 0.6 is 0 Å². The van der Waals surface area contributed by atoms with Crippen molar-refractivity contribution in [1.29, 1.82) is 0 Å². The Morgan fingerprint density at radius 1 is 1.32 bits per heavy atom. The quantitative estimate of drug-likeness (QED) is 0.767. The molecular formula is C15H23FN2O. The molecule has 0 saturated carbocycles. The van der Waals surface area contributed by atoms with Gasteiger partial charge in [0.1, 0.15) is 5.82 Å². The van der Waals surface area contributed by atoms with E-state index in [4.69, 9.17) is 0 Å². The first-order valence-electron chi connectivity index (χ1n) is 6.66. The lowest BCUT2D eigenvalue weighted by Gasteiger charge is -2.10.